The van der Waals surface area contributed by atoms with E-state index in [9.17, 15) is 17.6 Å². The molecule has 0 saturated heterocycles. The van der Waals surface area contributed by atoms with Crippen LogP contribution < -0.4 is 10.5 Å². The third kappa shape index (κ3) is 5.77. The number of carbonyl (C=O) groups is 1. The summed E-state index contributed by atoms with van der Waals surface area (Å²) in [6, 6.07) is 10.8. The van der Waals surface area contributed by atoms with Gasteiger partial charge in [0.15, 0.2) is 0 Å². The molecule has 2 N–H and O–H groups in total. The number of benzene rings is 2. The van der Waals surface area contributed by atoms with Crippen LogP contribution in [0.1, 0.15) is 27.2 Å². The van der Waals surface area contributed by atoms with Crippen LogP contribution in [0.25, 0.3) is 0 Å². The number of ether oxygens (including phenoxy) is 1. The van der Waals surface area contributed by atoms with Gasteiger partial charge < -0.3 is 14.7 Å². The van der Waals surface area contributed by atoms with E-state index in [-0.39, 0.29) is 23.1 Å². The van der Waals surface area contributed by atoms with Gasteiger partial charge in [0, 0.05) is 0 Å². The lowest BCUT2D eigenvalue weighted by molar-refractivity contribution is -0.136. The van der Waals surface area contributed by atoms with Crippen molar-refractivity contribution in [2.24, 2.45) is 17.1 Å². The Hall–Kier alpha value is -2.45. The van der Waals surface area contributed by atoms with Crippen molar-refractivity contribution in [3.63, 3.8) is 0 Å². The van der Waals surface area contributed by atoms with Crippen LogP contribution in [0.3, 0.4) is 0 Å². The van der Waals surface area contributed by atoms with Crippen LogP contribution in [0.15, 0.2) is 53.4 Å². The van der Waals surface area contributed by atoms with Crippen molar-refractivity contribution in [1.82, 2.24) is 0 Å². The summed E-state index contributed by atoms with van der Waals surface area (Å²) in [6.07, 6.45) is -0.0731. The lowest BCUT2D eigenvalue weighted by Gasteiger charge is -2.29. The van der Waals surface area contributed by atoms with E-state index in [0.717, 1.165) is 0 Å². The minimum atomic E-state index is -4.25. The Balaban J connectivity index is 2.05. The first-order valence-corrected chi connectivity index (χ1v) is 10.2. The molecule has 0 heterocycles. The molecule has 6 nitrogen and oxygen atoms in total. The Morgan fingerprint density at radius 3 is 2.07 bits per heavy atom. The van der Waals surface area contributed by atoms with Crippen LogP contribution in [-0.4, -0.2) is 20.9 Å². The van der Waals surface area contributed by atoms with Crippen molar-refractivity contribution in [1.29, 1.82) is 0 Å². The first-order valence-electron chi connectivity index (χ1n) is 8.74. The molecule has 2 aromatic rings. The average molecular weight is 409 g/mol. The fraction of sp³-hybridized carbons (Fsp3) is 0.350. The third-order valence-electron chi connectivity index (χ3n) is 4.65. The molecular weight excluding hydrogens is 385 g/mol. The number of carbonyl (C=O) groups excluding carboxylic acids is 1. The number of hydrogen-bond acceptors (Lipinski definition) is 6. The fourth-order valence-electron chi connectivity index (χ4n) is 2.38. The second kappa shape index (κ2) is 8.70. The van der Waals surface area contributed by atoms with E-state index in [1.165, 1.54) is 48.5 Å². The van der Waals surface area contributed by atoms with Crippen molar-refractivity contribution in [3.05, 3.63) is 54.3 Å². The molecule has 0 aliphatic rings. The highest BCUT2D eigenvalue weighted by Crippen LogP contribution is 2.31. The van der Waals surface area contributed by atoms with Crippen molar-refractivity contribution in [2.45, 2.75) is 32.1 Å². The molecule has 1 atom stereocenters. The molecule has 2 aromatic carbocycles. The lowest BCUT2D eigenvalue weighted by atomic mass is 9.77. The Morgan fingerprint density at radius 1 is 1.07 bits per heavy atom. The van der Waals surface area contributed by atoms with E-state index < -0.39 is 21.5 Å². The topological polar surface area (TPSA) is 95.7 Å². The number of rotatable bonds is 8. The van der Waals surface area contributed by atoms with Gasteiger partial charge in [-0.05, 0) is 66.4 Å². The largest absolute Gasteiger partial charge is 0.457 e. The molecular formula is C20H24FNO5S. The normalized spacial score (nSPS) is 13.0. The van der Waals surface area contributed by atoms with Crippen LogP contribution in [0, 0.1) is 17.2 Å². The lowest BCUT2D eigenvalue weighted by Crippen LogP contribution is -2.31. The first-order chi connectivity index (χ1) is 13.0. The summed E-state index contributed by atoms with van der Waals surface area (Å²) in [5, 5.41) is 0. The molecule has 1 unspecified atom stereocenters. The van der Waals surface area contributed by atoms with Crippen LogP contribution in [0.5, 0.6) is 11.5 Å². The van der Waals surface area contributed by atoms with Crippen molar-refractivity contribution < 1.29 is 26.5 Å². The predicted molar refractivity (Wildman–Crippen MR) is 103 cm³/mol. The standard InChI is InChI=1S/C20H24FNO5S/c1-14(13-22)20(2,3)12-19(23)27-28(24,25)18-10-8-17(9-11-18)26-16-6-4-15(21)5-7-16/h4-11,14H,12-13,22H2,1-3H3. The molecule has 0 aromatic heterocycles. The summed E-state index contributed by atoms with van der Waals surface area (Å²) in [7, 11) is -4.25. The van der Waals surface area contributed by atoms with Crippen LogP contribution >= 0.6 is 0 Å². The maximum Gasteiger partial charge on any atom is 0.341 e. The van der Waals surface area contributed by atoms with Crippen molar-refractivity contribution in [2.75, 3.05) is 6.54 Å². The van der Waals surface area contributed by atoms with Crippen LogP contribution in [0.2, 0.25) is 0 Å². The minimum Gasteiger partial charge on any atom is -0.457 e. The van der Waals surface area contributed by atoms with Gasteiger partial charge in [0.2, 0.25) is 0 Å². The second-order valence-electron chi connectivity index (χ2n) is 7.24. The van der Waals surface area contributed by atoms with E-state index in [1.807, 2.05) is 20.8 Å². The summed E-state index contributed by atoms with van der Waals surface area (Å²) in [4.78, 5) is 11.9. The molecule has 0 saturated carbocycles. The fourth-order valence-corrected chi connectivity index (χ4v) is 3.25. The summed E-state index contributed by atoms with van der Waals surface area (Å²) in [5.74, 6) is -0.447. The maximum atomic E-state index is 12.9. The highest BCUT2D eigenvalue weighted by molar-refractivity contribution is 7.87. The van der Waals surface area contributed by atoms with Crippen molar-refractivity contribution >= 4 is 16.1 Å². The smallest absolute Gasteiger partial charge is 0.341 e. The Bertz CT molecular complexity index is 909. The van der Waals surface area contributed by atoms with E-state index in [1.54, 1.807) is 0 Å². The Labute approximate surface area is 164 Å². The molecule has 0 aliphatic carbocycles. The number of hydrogen-bond donors (Lipinski definition) is 1. The highest BCUT2D eigenvalue weighted by atomic mass is 32.2. The third-order valence-corrected chi connectivity index (χ3v) is 5.91. The van der Waals surface area contributed by atoms with Crippen LogP contribution in [-0.2, 0) is 19.1 Å². The van der Waals surface area contributed by atoms with Gasteiger partial charge >= 0.3 is 16.1 Å². The van der Waals surface area contributed by atoms with Crippen molar-refractivity contribution in [3.8, 4) is 11.5 Å². The molecule has 8 heteroatoms. The van der Waals surface area contributed by atoms with Gasteiger partial charge in [-0.1, -0.05) is 20.8 Å². The first kappa shape index (κ1) is 21.8. The predicted octanol–water partition coefficient (Wildman–Crippen LogP) is 3.86. The molecule has 0 bridgehead atoms. The van der Waals surface area contributed by atoms with E-state index >= 15 is 0 Å². The van der Waals surface area contributed by atoms with E-state index in [2.05, 4.69) is 0 Å². The van der Waals surface area contributed by atoms with E-state index in [0.29, 0.717) is 18.0 Å². The minimum absolute atomic E-state index is 0.0191. The van der Waals surface area contributed by atoms with Gasteiger partial charge in [0.25, 0.3) is 0 Å². The summed E-state index contributed by atoms with van der Waals surface area (Å²) < 4.78 is 47.8. The monoisotopic (exact) mass is 409 g/mol. The second-order valence-corrected chi connectivity index (χ2v) is 8.79. The highest BCUT2D eigenvalue weighted by Gasteiger charge is 2.31. The van der Waals surface area contributed by atoms with Gasteiger partial charge in [-0.2, -0.15) is 8.42 Å². The number of nitrogens with two attached hydrogens (primary N) is 1. The summed E-state index contributed by atoms with van der Waals surface area (Å²) in [6.45, 7) is 5.93. The quantitative estimate of drug-likeness (QED) is 0.665. The number of halogens is 1. The molecule has 2 rings (SSSR count). The van der Waals surface area contributed by atoms with Gasteiger partial charge in [-0.15, -0.1) is 0 Å². The maximum absolute atomic E-state index is 12.9. The molecule has 152 valence electrons. The zero-order chi connectivity index (χ0) is 20.9. The molecule has 0 spiro atoms. The van der Waals surface area contributed by atoms with Gasteiger partial charge in [-0.25, -0.2) is 4.39 Å². The van der Waals surface area contributed by atoms with Gasteiger partial charge in [0.1, 0.15) is 22.2 Å². The summed E-state index contributed by atoms with van der Waals surface area (Å²) >= 11 is 0. The molecule has 0 amide bonds. The van der Waals surface area contributed by atoms with Gasteiger partial charge in [0.05, 0.1) is 6.42 Å². The Kier molecular flexibility index (Phi) is 6.79. The zero-order valence-corrected chi connectivity index (χ0v) is 16.8. The molecule has 0 radical (unpaired) electrons. The molecule has 0 aliphatic heterocycles. The Morgan fingerprint density at radius 2 is 1.57 bits per heavy atom. The van der Waals surface area contributed by atoms with E-state index in [4.69, 9.17) is 14.7 Å². The average Bonchev–Trinajstić information content (AvgIpc) is 2.62. The summed E-state index contributed by atoms with van der Waals surface area (Å²) in [5.41, 5.74) is 5.14. The van der Waals surface area contributed by atoms with Crippen LogP contribution in [0.4, 0.5) is 4.39 Å². The molecule has 28 heavy (non-hydrogen) atoms. The van der Waals surface area contributed by atoms with Gasteiger partial charge in [-0.3, -0.25) is 4.79 Å². The SMILES string of the molecule is CC(CN)C(C)(C)CC(=O)OS(=O)(=O)c1ccc(Oc2ccc(F)cc2)cc1. The zero-order valence-electron chi connectivity index (χ0n) is 16.0. The molecule has 0 fully saturated rings.